The molecule has 4 nitrogen and oxygen atoms in total. The molecule has 1 fully saturated rings. The third-order valence-electron chi connectivity index (χ3n) is 4.30. The van der Waals surface area contributed by atoms with Crippen LogP contribution in [0.25, 0.3) is 0 Å². The summed E-state index contributed by atoms with van der Waals surface area (Å²) in [7, 11) is 0. The van der Waals surface area contributed by atoms with E-state index in [-0.39, 0.29) is 12.5 Å². The highest BCUT2D eigenvalue weighted by atomic mass is 79.9. The van der Waals surface area contributed by atoms with Crippen molar-refractivity contribution in [2.45, 2.75) is 45.6 Å². The second-order valence-electron chi connectivity index (χ2n) is 6.20. The van der Waals surface area contributed by atoms with Gasteiger partial charge in [-0.2, -0.15) is 0 Å². The van der Waals surface area contributed by atoms with Crippen LogP contribution in [-0.4, -0.2) is 23.6 Å². The Bertz CT molecular complexity index is 579. The van der Waals surface area contributed by atoms with Gasteiger partial charge in [-0.3, -0.25) is 4.79 Å². The van der Waals surface area contributed by atoms with Crippen LogP contribution < -0.4 is 16.0 Å². The minimum Gasteiger partial charge on any atom is -0.360 e. The quantitative estimate of drug-likeness (QED) is 0.677. The second-order valence-corrected chi connectivity index (χ2v) is 7.53. The first-order valence-corrected chi connectivity index (χ1v) is 9.26. The lowest BCUT2D eigenvalue weighted by Crippen LogP contribution is -2.47. The Labute approximate surface area is 151 Å². The van der Waals surface area contributed by atoms with Gasteiger partial charge >= 0.3 is 0 Å². The molecule has 1 saturated carbocycles. The Balaban J connectivity index is 1.76. The third kappa shape index (κ3) is 5.77. The van der Waals surface area contributed by atoms with E-state index in [0.29, 0.717) is 17.1 Å². The highest BCUT2D eigenvalue weighted by molar-refractivity contribution is 9.10. The number of amides is 1. The molecule has 3 N–H and O–H groups in total. The van der Waals surface area contributed by atoms with Gasteiger partial charge in [-0.1, -0.05) is 35.7 Å². The van der Waals surface area contributed by atoms with E-state index in [1.807, 2.05) is 25.1 Å². The molecule has 2 atom stereocenters. The fourth-order valence-corrected chi connectivity index (χ4v) is 3.57. The first kappa shape index (κ1) is 18.2. The Morgan fingerprint density at radius 2 is 2.09 bits per heavy atom. The summed E-state index contributed by atoms with van der Waals surface area (Å²) in [6.07, 6.45) is 4.93. The largest absolute Gasteiger partial charge is 0.360 e. The third-order valence-corrected chi connectivity index (χ3v) is 5.06. The fourth-order valence-electron chi connectivity index (χ4n) is 2.87. The lowest BCUT2D eigenvalue weighted by Gasteiger charge is -2.30. The molecular weight excluding hydrogens is 374 g/mol. The Hall–Kier alpha value is -1.14. The Kier molecular flexibility index (Phi) is 6.84. The average Bonchev–Trinajstić information content (AvgIpc) is 2.50. The van der Waals surface area contributed by atoms with E-state index in [9.17, 15) is 4.79 Å². The van der Waals surface area contributed by atoms with Crippen LogP contribution in [0.1, 0.15) is 38.2 Å². The predicted molar refractivity (Wildman–Crippen MR) is 103 cm³/mol. The summed E-state index contributed by atoms with van der Waals surface area (Å²) in [5, 5.41) is 9.80. The zero-order chi connectivity index (χ0) is 16.8. The molecule has 126 valence electrons. The van der Waals surface area contributed by atoms with Crippen molar-refractivity contribution in [3.8, 4) is 0 Å². The lowest BCUT2D eigenvalue weighted by molar-refractivity contribution is -0.115. The molecule has 1 aromatic rings. The SMILES string of the molecule is Cc1cc(Br)ccc1NC(=O)CNC(=S)N[C@H]1CCCC[C@H]1C. The summed E-state index contributed by atoms with van der Waals surface area (Å²) in [6, 6.07) is 6.19. The van der Waals surface area contributed by atoms with Crippen LogP contribution >= 0.6 is 28.1 Å². The van der Waals surface area contributed by atoms with Gasteiger partial charge in [0.25, 0.3) is 0 Å². The van der Waals surface area contributed by atoms with E-state index >= 15 is 0 Å². The fraction of sp³-hybridized carbons (Fsp3) is 0.529. The second kappa shape index (κ2) is 8.64. The van der Waals surface area contributed by atoms with E-state index in [2.05, 4.69) is 38.8 Å². The van der Waals surface area contributed by atoms with E-state index in [0.717, 1.165) is 22.1 Å². The van der Waals surface area contributed by atoms with Gasteiger partial charge in [0.1, 0.15) is 0 Å². The number of benzene rings is 1. The molecule has 0 bridgehead atoms. The monoisotopic (exact) mass is 397 g/mol. The number of hydrogen-bond acceptors (Lipinski definition) is 2. The smallest absolute Gasteiger partial charge is 0.243 e. The van der Waals surface area contributed by atoms with E-state index < -0.39 is 0 Å². The van der Waals surface area contributed by atoms with Crippen molar-refractivity contribution in [1.82, 2.24) is 10.6 Å². The molecule has 0 saturated heterocycles. The summed E-state index contributed by atoms with van der Waals surface area (Å²) in [4.78, 5) is 12.0. The lowest BCUT2D eigenvalue weighted by atomic mass is 9.86. The number of carbonyl (C=O) groups is 1. The van der Waals surface area contributed by atoms with E-state index in [1.54, 1.807) is 0 Å². The summed E-state index contributed by atoms with van der Waals surface area (Å²) in [5.74, 6) is 0.527. The van der Waals surface area contributed by atoms with E-state index in [1.165, 1.54) is 19.3 Å². The van der Waals surface area contributed by atoms with Crippen molar-refractivity contribution in [2.24, 2.45) is 5.92 Å². The number of thiocarbonyl (C=S) groups is 1. The van der Waals surface area contributed by atoms with Gasteiger partial charge in [-0.05, 0) is 61.7 Å². The van der Waals surface area contributed by atoms with Gasteiger partial charge in [-0.15, -0.1) is 0 Å². The summed E-state index contributed by atoms with van der Waals surface area (Å²) >= 11 is 8.72. The van der Waals surface area contributed by atoms with Gasteiger partial charge < -0.3 is 16.0 Å². The predicted octanol–water partition coefficient (Wildman–Crippen LogP) is 3.74. The summed E-state index contributed by atoms with van der Waals surface area (Å²) in [5.41, 5.74) is 1.84. The molecule has 2 rings (SSSR count). The Morgan fingerprint density at radius 3 is 2.78 bits per heavy atom. The number of carbonyl (C=O) groups excluding carboxylic acids is 1. The molecule has 6 heteroatoms. The van der Waals surface area contributed by atoms with Gasteiger partial charge in [0.05, 0.1) is 6.54 Å². The highest BCUT2D eigenvalue weighted by Crippen LogP contribution is 2.23. The maximum Gasteiger partial charge on any atom is 0.243 e. The average molecular weight is 398 g/mol. The normalized spacial score (nSPS) is 20.7. The zero-order valence-corrected chi connectivity index (χ0v) is 16.0. The maximum absolute atomic E-state index is 12.0. The number of nitrogens with one attached hydrogen (secondary N) is 3. The van der Waals surface area contributed by atoms with Crippen LogP contribution in [-0.2, 0) is 4.79 Å². The summed E-state index contributed by atoms with van der Waals surface area (Å²) in [6.45, 7) is 4.38. The topological polar surface area (TPSA) is 53.2 Å². The van der Waals surface area contributed by atoms with Crippen LogP contribution in [0.4, 0.5) is 5.69 Å². The van der Waals surface area contributed by atoms with Gasteiger partial charge in [0, 0.05) is 16.2 Å². The molecule has 0 heterocycles. The molecule has 1 aliphatic carbocycles. The molecule has 1 aliphatic rings. The molecule has 0 radical (unpaired) electrons. The van der Waals surface area contributed by atoms with E-state index in [4.69, 9.17) is 12.2 Å². The maximum atomic E-state index is 12.0. The standard InChI is InChI=1S/C17H24BrN3OS/c1-11-5-3-4-6-14(11)21-17(23)19-10-16(22)20-15-8-7-13(18)9-12(15)2/h7-9,11,14H,3-6,10H2,1-2H3,(H,20,22)(H2,19,21,23)/t11-,14+/m1/s1. The molecule has 0 aromatic heterocycles. The number of rotatable bonds is 4. The number of anilines is 1. The van der Waals surface area contributed by atoms with Crippen LogP contribution in [0.2, 0.25) is 0 Å². The van der Waals surface area contributed by atoms with Crippen molar-refractivity contribution in [1.29, 1.82) is 0 Å². The zero-order valence-electron chi connectivity index (χ0n) is 13.6. The first-order chi connectivity index (χ1) is 11.0. The molecule has 23 heavy (non-hydrogen) atoms. The van der Waals surface area contributed by atoms with Gasteiger partial charge in [0.2, 0.25) is 5.91 Å². The van der Waals surface area contributed by atoms with Crippen molar-refractivity contribution in [2.75, 3.05) is 11.9 Å². The van der Waals surface area contributed by atoms with Crippen LogP contribution in [0, 0.1) is 12.8 Å². The molecule has 0 unspecified atom stereocenters. The van der Waals surface area contributed by atoms with Crippen molar-refractivity contribution >= 4 is 44.9 Å². The molecule has 1 amide bonds. The molecule has 0 aliphatic heterocycles. The molecular formula is C17H24BrN3OS. The van der Waals surface area contributed by atoms with Crippen LogP contribution in [0.15, 0.2) is 22.7 Å². The minimum atomic E-state index is -0.101. The van der Waals surface area contributed by atoms with Gasteiger partial charge in [0.15, 0.2) is 5.11 Å². The van der Waals surface area contributed by atoms with Crippen LogP contribution in [0.3, 0.4) is 0 Å². The number of aryl methyl sites for hydroxylation is 1. The summed E-state index contributed by atoms with van der Waals surface area (Å²) < 4.78 is 0.998. The number of hydrogen-bond donors (Lipinski definition) is 3. The molecule has 1 aromatic carbocycles. The van der Waals surface area contributed by atoms with Crippen molar-refractivity contribution < 1.29 is 4.79 Å². The molecule has 0 spiro atoms. The minimum absolute atomic E-state index is 0.101. The van der Waals surface area contributed by atoms with Crippen molar-refractivity contribution in [3.05, 3.63) is 28.2 Å². The highest BCUT2D eigenvalue weighted by Gasteiger charge is 2.21. The Morgan fingerprint density at radius 1 is 1.35 bits per heavy atom. The van der Waals surface area contributed by atoms with Crippen molar-refractivity contribution in [3.63, 3.8) is 0 Å². The van der Waals surface area contributed by atoms with Crippen LogP contribution in [0.5, 0.6) is 0 Å². The van der Waals surface area contributed by atoms with Gasteiger partial charge in [-0.25, -0.2) is 0 Å². The number of halogens is 1. The first-order valence-electron chi connectivity index (χ1n) is 8.06.